The van der Waals surface area contributed by atoms with Gasteiger partial charge in [0.15, 0.2) is 9.84 Å². The van der Waals surface area contributed by atoms with Crippen LogP contribution >= 0.6 is 0 Å². The van der Waals surface area contributed by atoms with Crippen LogP contribution in [0.5, 0.6) is 0 Å². The van der Waals surface area contributed by atoms with Crippen LogP contribution in [0, 0.1) is 13.8 Å². The van der Waals surface area contributed by atoms with Gasteiger partial charge in [-0.3, -0.25) is 4.79 Å². The molecule has 0 saturated heterocycles. The van der Waals surface area contributed by atoms with Crippen molar-refractivity contribution in [3.05, 3.63) is 64.7 Å². The lowest BCUT2D eigenvalue weighted by Gasteiger charge is -2.09. The number of aryl methyl sites for hydroxylation is 3. The van der Waals surface area contributed by atoms with Gasteiger partial charge in [-0.25, -0.2) is 8.42 Å². The first-order valence-electron chi connectivity index (χ1n) is 7.94. The highest BCUT2D eigenvalue weighted by atomic mass is 32.2. The number of nitrogens with one attached hydrogen (secondary N) is 1. The molecule has 0 radical (unpaired) electrons. The van der Waals surface area contributed by atoms with Crippen LogP contribution in [0.2, 0.25) is 0 Å². The fraction of sp³-hybridized carbons (Fsp3) is 0.316. The van der Waals surface area contributed by atoms with Crippen LogP contribution in [0.15, 0.2) is 42.5 Å². The van der Waals surface area contributed by atoms with Gasteiger partial charge in [0.25, 0.3) is 0 Å². The first-order valence-corrected chi connectivity index (χ1v) is 9.76. The van der Waals surface area contributed by atoms with Gasteiger partial charge in [-0.1, -0.05) is 42.8 Å². The van der Waals surface area contributed by atoms with Gasteiger partial charge in [-0.2, -0.15) is 0 Å². The fourth-order valence-corrected chi connectivity index (χ4v) is 3.82. The zero-order valence-corrected chi connectivity index (χ0v) is 15.1. The largest absolute Gasteiger partial charge is 0.325 e. The topological polar surface area (TPSA) is 63.2 Å². The van der Waals surface area contributed by atoms with Crippen molar-refractivity contribution in [3.8, 4) is 0 Å². The van der Waals surface area contributed by atoms with Crippen LogP contribution < -0.4 is 5.32 Å². The quantitative estimate of drug-likeness (QED) is 0.872. The highest BCUT2D eigenvalue weighted by Gasteiger charge is 2.18. The highest BCUT2D eigenvalue weighted by molar-refractivity contribution is 7.91. The molecule has 0 unspecified atom stereocenters. The Morgan fingerprint density at radius 3 is 2.33 bits per heavy atom. The molecule has 24 heavy (non-hydrogen) atoms. The van der Waals surface area contributed by atoms with Gasteiger partial charge in [0.2, 0.25) is 5.91 Å². The third kappa shape index (κ3) is 5.20. The number of hydrogen-bond acceptors (Lipinski definition) is 3. The minimum Gasteiger partial charge on any atom is -0.325 e. The van der Waals surface area contributed by atoms with Crippen molar-refractivity contribution < 1.29 is 13.2 Å². The molecule has 1 amide bonds. The molecule has 5 heteroatoms. The van der Waals surface area contributed by atoms with E-state index in [1.54, 1.807) is 12.1 Å². The van der Waals surface area contributed by atoms with Gasteiger partial charge in [0.05, 0.1) is 5.75 Å². The van der Waals surface area contributed by atoms with Gasteiger partial charge >= 0.3 is 0 Å². The van der Waals surface area contributed by atoms with E-state index in [4.69, 9.17) is 0 Å². The van der Waals surface area contributed by atoms with Crippen LogP contribution in [-0.2, 0) is 26.8 Å². The van der Waals surface area contributed by atoms with Crippen LogP contribution in [0.4, 0.5) is 5.69 Å². The van der Waals surface area contributed by atoms with Crippen molar-refractivity contribution in [2.45, 2.75) is 32.9 Å². The van der Waals surface area contributed by atoms with Crippen LogP contribution in [0.25, 0.3) is 0 Å². The maximum atomic E-state index is 12.3. The zero-order valence-electron chi connectivity index (χ0n) is 14.3. The molecule has 1 N–H and O–H groups in total. The summed E-state index contributed by atoms with van der Waals surface area (Å²) in [7, 11) is -3.52. The van der Waals surface area contributed by atoms with E-state index in [2.05, 4.69) is 5.32 Å². The molecular weight excluding hydrogens is 322 g/mol. The second kappa shape index (κ2) is 7.62. The lowest BCUT2D eigenvalue weighted by atomic mass is 10.1. The molecule has 2 aromatic carbocycles. The fourth-order valence-electron chi connectivity index (χ4n) is 2.46. The number of carbonyl (C=O) groups excluding carboxylic acids is 1. The number of sulfone groups is 1. The van der Waals surface area contributed by atoms with E-state index >= 15 is 0 Å². The average molecular weight is 345 g/mol. The van der Waals surface area contributed by atoms with E-state index in [0.29, 0.717) is 5.69 Å². The van der Waals surface area contributed by atoms with E-state index in [0.717, 1.165) is 28.7 Å². The SMILES string of the molecule is CCc1ccc(NC(=O)CS(=O)(=O)Cc2cc(C)ccc2C)cc1. The molecule has 0 aliphatic rings. The molecule has 128 valence electrons. The van der Waals surface area contributed by atoms with Crippen molar-refractivity contribution in [1.29, 1.82) is 0 Å². The van der Waals surface area contributed by atoms with Crippen molar-refractivity contribution >= 4 is 21.4 Å². The van der Waals surface area contributed by atoms with Crippen molar-refractivity contribution in [1.82, 2.24) is 0 Å². The maximum Gasteiger partial charge on any atom is 0.239 e. The summed E-state index contributed by atoms with van der Waals surface area (Å²) in [5, 5.41) is 2.64. The Morgan fingerprint density at radius 2 is 1.71 bits per heavy atom. The van der Waals surface area contributed by atoms with E-state index in [1.165, 1.54) is 0 Å². The van der Waals surface area contributed by atoms with Crippen molar-refractivity contribution in [2.24, 2.45) is 0 Å². The first kappa shape index (κ1) is 18.2. The van der Waals surface area contributed by atoms with Gasteiger partial charge in [-0.15, -0.1) is 0 Å². The molecule has 0 fully saturated rings. The summed E-state index contributed by atoms with van der Waals surface area (Å²) < 4.78 is 24.6. The molecule has 0 aliphatic carbocycles. The standard InChI is InChI=1S/C19H23NO3S/c1-4-16-7-9-18(10-8-16)20-19(21)13-24(22,23)12-17-11-14(2)5-6-15(17)3/h5-11H,4,12-13H2,1-3H3,(H,20,21). The third-order valence-corrected chi connectivity index (χ3v) is 5.33. The summed E-state index contributed by atoms with van der Waals surface area (Å²) in [6, 6.07) is 13.1. The minimum absolute atomic E-state index is 0.122. The number of anilines is 1. The summed E-state index contributed by atoms with van der Waals surface area (Å²) in [5.74, 6) is -1.15. The predicted octanol–water partition coefficient (Wildman–Crippen LogP) is 3.42. The molecule has 0 saturated carbocycles. The Hall–Kier alpha value is -2.14. The van der Waals surface area contributed by atoms with Crippen LogP contribution in [-0.4, -0.2) is 20.1 Å². The van der Waals surface area contributed by atoms with Gasteiger partial charge in [0.1, 0.15) is 5.75 Å². The zero-order chi connectivity index (χ0) is 17.7. The summed E-state index contributed by atoms with van der Waals surface area (Å²) in [6.45, 7) is 5.84. The first-order chi connectivity index (χ1) is 11.3. The number of hydrogen-bond donors (Lipinski definition) is 1. The number of rotatable bonds is 6. The smallest absolute Gasteiger partial charge is 0.239 e. The average Bonchev–Trinajstić information content (AvgIpc) is 2.50. The summed E-state index contributed by atoms with van der Waals surface area (Å²) in [5.41, 5.74) is 4.44. The lowest BCUT2D eigenvalue weighted by Crippen LogP contribution is -2.24. The van der Waals surface area contributed by atoms with E-state index in [-0.39, 0.29) is 5.75 Å². The summed E-state index contributed by atoms with van der Waals surface area (Å²) in [4.78, 5) is 12.0. The molecule has 0 atom stereocenters. The molecule has 0 aliphatic heterocycles. The summed E-state index contributed by atoms with van der Waals surface area (Å²) in [6.07, 6.45) is 0.915. The Labute approximate surface area is 143 Å². The Bertz CT molecular complexity index is 824. The highest BCUT2D eigenvalue weighted by Crippen LogP contribution is 2.15. The second-order valence-corrected chi connectivity index (χ2v) is 8.13. The summed E-state index contributed by atoms with van der Waals surface area (Å²) >= 11 is 0. The Kier molecular flexibility index (Phi) is 5.78. The van der Waals surface area contributed by atoms with Crippen molar-refractivity contribution in [3.63, 3.8) is 0 Å². The Balaban J connectivity index is 2.02. The number of carbonyl (C=O) groups is 1. The Morgan fingerprint density at radius 1 is 1.04 bits per heavy atom. The minimum atomic E-state index is -3.52. The van der Waals surface area contributed by atoms with E-state index in [9.17, 15) is 13.2 Å². The van der Waals surface area contributed by atoms with Gasteiger partial charge in [-0.05, 0) is 49.1 Å². The van der Waals surface area contributed by atoms with Crippen LogP contribution in [0.1, 0.15) is 29.2 Å². The molecule has 0 spiro atoms. The van der Waals surface area contributed by atoms with Gasteiger partial charge < -0.3 is 5.32 Å². The number of amides is 1. The van der Waals surface area contributed by atoms with Gasteiger partial charge in [0, 0.05) is 5.69 Å². The van der Waals surface area contributed by atoms with E-state index < -0.39 is 21.5 Å². The monoisotopic (exact) mass is 345 g/mol. The normalized spacial score (nSPS) is 11.3. The second-order valence-electron chi connectivity index (χ2n) is 6.06. The molecule has 0 heterocycles. The molecule has 0 aromatic heterocycles. The predicted molar refractivity (Wildman–Crippen MR) is 97.9 cm³/mol. The molecule has 0 bridgehead atoms. The molecule has 2 rings (SSSR count). The van der Waals surface area contributed by atoms with E-state index in [1.807, 2.05) is 51.1 Å². The lowest BCUT2D eigenvalue weighted by molar-refractivity contribution is -0.113. The molecule has 2 aromatic rings. The molecular formula is C19H23NO3S. The third-order valence-electron chi connectivity index (χ3n) is 3.88. The number of benzene rings is 2. The molecule has 4 nitrogen and oxygen atoms in total. The van der Waals surface area contributed by atoms with Crippen molar-refractivity contribution in [2.75, 3.05) is 11.1 Å². The maximum absolute atomic E-state index is 12.3. The van der Waals surface area contributed by atoms with Crippen LogP contribution in [0.3, 0.4) is 0 Å².